The first-order chi connectivity index (χ1) is 3.91. The molecule has 0 rings (SSSR count). The first-order valence-corrected chi connectivity index (χ1v) is 3.85. The van der Waals surface area contributed by atoms with E-state index in [2.05, 4.69) is 30.9 Å². The van der Waals surface area contributed by atoms with Crippen LogP contribution in [0.25, 0.3) is 0 Å². The maximum Gasteiger partial charge on any atom is 0.277 e. The zero-order chi connectivity index (χ0) is 6.83. The summed E-state index contributed by atoms with van der Waals surface area (Å²) in [6.07, 6.45) is 4.02. The van der Waals surface area contributed by atoms with E-state index < -0.39 is 0 Å². The third-order valence-corrected chi connectivity index (χ3v) is 1.30. The van der Waals surface area contributed by atoms with E-state index in [0.717, 1.165) is 0 Å². The van der Waals surface area contributed by atoms with Gasteiger partial charge >= 0.3 is 0 Å². The summed E-state index contributed by atoms with van der Waals surface area (Å²) in [5, 5.41) is 7.67. The fourth-order valence-corrected chi connectivity index (χ4v) is 0.741. The average molecular weight is 179 g/mol. The molecule has 0 saturated carbocycles. The van der Waals surface area contributed by atoms with Gasteiger partial charge in [0.1, 0.15) is 0 Å². The number of rotatable bonds is 3. The number of hydrogen-bond donors (Lipinski definition) is 1. The minimum Gasteiger partial charge on any atom is -0.461 e. The molecule has 0 unspecified atom stereocenters. The molecule has 1 N–H and O–H groups in total. The molecule has 0 fully saturated rings. The lowest BCUT2D eigenvalue weighted by Crippen LogP contribution is -1.70. The molecule has 1 nitrogen and oxygen atoms in total. The van der Waals surface area contributed by atoms with Gasteiger partial charge in [-0.2, -0.15) is 0 Å². The molecule has 0 aliphatic heterocycles. The van der Waals surface area contributed by atoms with E-state index in [4.69, 9.17) is 5.02 Å². The predicted molar refractivity (Wildman–Crippen MR) is 41.3 cm³/mol. The molecule has 2 radical (unpaired) electrons. The molecule has 0 atom stereocenters. The Labute approximate surface area is 61.1 Å². The molecule has 3 heteroatoms. The normalized spacial score (nSPS) is 7.38. The van der Waals surface area contributed by atoms with Crippen LogP contribution in [-0.4, -0.2) is 18.4 Å². The topological polar surface area (TPSA) is 20.2 Å². The molecular weight excluding hydrogens is 167 g/mol. The van der Waals surface area contributed by atoms with Gasteiger partial charge in [0.2, 0.25) is 0 Å². The molecular formula is C5H12BBrO. The van der Waals surface area contributed by atoms with E-state index in [0.29, 0.717) is 0 Å². The summed E-state index contributed by atoms with van der Waals surface area (Å²) in [6, 6.07) is 0. The molecule has 0 amide bonds. The summed E-state index contributed by atoms with van der Waals surface area (Å²) in [6.45, 7) is 2.21. The van der Waals surface area contributed by atoms with Crippen LogP contribution in [0.5, 0.6) is 0 Å². The molecule has 0 aromatic carbocycles. The average Bonchev–Trinajstić information content (AvgIpc) is 1.88. The highest BCUT2D eigenvalue weighted by molar-refractivity contribution is 9.09. The van der Waals surface area contributed by atoms with Crippen LogP contribution in [0, 0.1) is 0 Å². The van der Waals surface area contributed by atoms with Crippen LogP contribution < -0.4 is 0 Å². The van der Waals surface area contributed by atoms with Crippen LogP contribution in [0.1, 0.15) is 26.2 Å². The van der Waals surface area contributed by atoms with Gasteiger partial charge in [-0.05, 0) is 6.42 Å². The van der Waals surface area contributed by atoms with Crippen LogP contribution in [0.2, 0.25) is 0 Å². The highest BCUT2D eigenvalue weighted by atomic mass is 79.9. The second-order valence-corrected chi connectivity index (χ2v) is 2.19. The standard InChI is InChI=1S/C5H11Br.BHO/c1-2-3-4-5-6;1-2/h2-5H2,1H3;2H. The van der Waals surface area contributed by atoms with Gasteiger partial charge in [0.25, 0.3) is 8.05 Å². The van der Waals surface area contributed by atoms with E-state index in [-0.39, 0.29) is 0 Å². The predicted octanol–water partition coefficient (Wildman–Crippen LogP) is 1.63. The van der Waals surface area contributed by atoms with Crippen LogP contribution >= 0.6 is 15.9 Å². The van der Waals surface area contributed by atoms with Crippen molar-refractivity contribution < 1.29 is 5.02 Å². The first kappa shape index (κ1) is 11.3. The van der Waals surface area contributed by atoms with Crippen LogP contribution in [0.15, 0.2) is 0 Å². The Bertz CT molecular complexity index is 24.4. The Kier molecular flexibility index (Phi) is 22.1. The van der Waals surface area contributed by atoms with Crippen molar-refractivity contribution in [1.82, 2.24) is 0 Å². The van der Waals surface area contributed by atoms with Crippen molar-refractivity contribution in [2.45, 2.75) is 26.2 Å². The molecule has 0 bridgehead atoms. The van der Waals surface area contributed by atoms with Gasteiger partial charge in [-0.25, -0.2) is 0 Å². The lowest BCUT2D eigenvalue weighted by molar-refractivity contribution is 0.629. The van der Waals surface area contributed by atoms with E-state index in [1.807, 2.05) is 0 Å². The number of halogens is 1. The SMILES string of the molecule is CCCCCBr.[B]O. The van der Waals surface area contributed by atoms with Gasteiger partial charge in [-0.15, -0.1) is 0 Å². The van der Waals surface area contributed by atoms with Gasteiger partial charge in [-0.1, -0.05) is 35.7 Å². The summed E-state index contributed by atoms with van der Waals surface area (Å²) in [4.78, 5) is 0. The van der Waals surface area contributed by atoms with Gasteiger partial charge in [0, 0.05) is 5.33 Å². The molecule has 48 valence electrons. The monoisotopic (exact) mass is 178 g/mol. The minimum atomic E-state index is 1.17. The van der Waals surface area contributed by atoms with Crippen molar-refractivity contribution in [2.24, 2.45) is 0 Å². The third-order valence-electron chi connectivity index (χ3n) is 0.737. The van der Waals surface area contributed by atoms with Gasteiger partial charge < -0.3 is 5.02 Å². The van der Waals surface area contributed by atoms with Gasteiger partial charge in [0.15, 0.2) is 0 Å². The van der Waals surface area contributed by atoms with E-state index in [1.165, 1.54) is 24.6 Å². The van der Waals surface area contributed by atoms with Crippen molar-refractivity contribution in [3.8, 4) is 0 Å². The minimum absolute atomic E-state index is 1.17. The summed E-state index contributed by atoms with van der Waals surface area (Å²) >= 11 is 3.35. The number of hydrogen-bond acceptors (Lipinski definition) is 1. The molecule has 0 aromatic heterocycles. The maximum absolute atomic E-state index is 6.50. The molecule has 0 aliphatic carbocycles. The Morgan fingerprint density at radius 2 is 1.88 bits per heavy atom. The third kappa shape index (κ3) is 16.0. The smallest absolute Gasteiger partial charge is 0.277 e. The van der Waals surface area contributed by atoms with Crippen LogP contribution in [-0.2, 0) is 0 Å². The zero-order valence-corrected chi connectivity index (χ0v) is 6.82. The fraction of sp³-hybridized carbons (Fsp3) is 1.00. The Hall–Kier alpha value is 0.505. The second-order valence-electron chi connectivity index (χ2n) is 1.40. The van der Waals surface area contributed by atoms with Crippen molar-refractivity contribution in [2.75, 3.05) is 5.33 Å². The van der Waals surface area contributed by atoms with Crippen molar-refractivity contribution in [1.29, 1.82) is 0 Å². The molecule has 0 spiro atoms. The summed E-state index contributed by atoms with van der Waals surface area (Å²) in [5.41, 5.74) is 0. The highest BCUT2D eigenvalue weighted by Crippen LogP contribution is 1.95. The number of unbranched alkanes of at least 4 members (excludes halogenated alkanes) is 2. The largest absolute Gasteiger partial charge is 0.461 e. The molecule has 0 aliphatic rings. The van der Waals surface area contributed by atoms with E-state index in [9.17, 15) is 0 Å². The van der Waals surface area contributed by atoms with Crippen LogP contribution in [0.3, 0.4) is 0 Å². The van der Waals surface area contributed by atoms with Gasteiger partial charge in [0.05, 0.1) is 0 Å². The van der Waals surface area contributed by atoms with Crippen molar-refractivity contribution in [3.05, 3.63) is 0 Å². The van der Waals surface area contributed by atoms with Crippen molar-refractivity contribution >= 4 is 24.0 Å². The Morgan fingerprint density at radius 3 is 2.00 bits per heavy atom. The summed E-state index contributed by atoms with van der Waals surface area (Å²) in [5.74, 6) is 0. The van der Waals surface area contributed by atoms with E-state index >= 15 is 0 Å². The van der Waals surface area contributed by atoms with Gasteiger partial charge in [-0.3, -0.25) is 0 Å². The first-order valence-electron chi connectivity index (χ1n) is 2.73. The molecule has 0 aromatic rings. The van der Waals surface area contributed by atoms with E-state index in [1.54, 1.807) is 0 Å². The number of alkyl halides is 1. The molecule has 0 heterocycles. The lowest BCUT2D eigenvalue weighted by atomic mass is 10.3. The Balaban J connectivity index is 0. The lowest BCUT2D eigenvalue weighted by Gasteiger charge is -1.85. The maximum atomic E-state index is 6.50. The summed E-state index contributed by atoms with van der Waals surface area (Å²) in [7, 11) is 3.50. The second kappa shape index (κ2) is 15.6. The van der Waals surface area contributed by atoms with Crippen molar-refractivity contribution in [3.63, 3.8) is 0 Å². The Morgan fingerprint density at radius 1 is 1.38 bits per heavy atom. The quantitative estimate of drug-likeness (QED) is 0.396. The summed E-state index contributed by atoms with van der Waals surface area (Å²) < 4.78 is 0. The molecule has 0 saturated heterocycles. The fourth-order valence-electron chi connectivity index (χ4n) is 0.344. The van der Waals surface area contributed by atoms with Crippen LogP contribution in [0.4, 0.5) is 0 Å². The molecule has 8 heavy (non-hydrogen) atoms. The zero-order valence-electron chi connectivity index (χ0n) is 5.23. The highest BCUT2D eigenvalue weighted by Gasteiger charge is 1.76.